The van der Waals surface area contributed by atoms with E-state index in [0.717, 1.165) is 13.0 Å². The molecule has 0 saturated carbocycles. The van der Waals surface area contributed by atoms with Crippen LogP contribution in [0.3, 0.4) is 0 Å². The highest BCUT2D eigenvalue weighted by molar-refractivity contribution is 7.13. The van der Waals surface area contributed by atoms with E-state index in [-0.39, 0.29) is 0 Å². The Morgan fingerprint density at radius 1 is 1.56 bits per heavy atom. The molecule has 0 fully saturated rings. The van der Waals surface area contributed by atoms with E-state index >= 15 is 0 Å². The highest BCUT2D eigenvalue weighted by Crippen LogP contribution is 2.19. The summed E-state index contributed by atoms with van der Waals surface area (Å²) in [4.78, 5) is 14.9. The van der Waals surface area contributed by atoms with Crippen molar-refractivity contribution in [3.8, 4) is 0 Å². The molecule has 2 aromatic rings. The van der Waals surface area contributed by atoms with Gasteiger partial charge in [0.2, 0.25) is 0 Å². The van der Waals surface area contributed by atoms with Gasteiger partial charge in [-0.2, -0.15) is 11.3 Å². The van der Waals surface area contributed by atoms with Crippen molar-refractivity contribution in [2.75, 3.05) is 11.9 Å². The van der Waals surface area contributed by atoms with Gasteiger partial charge in [-0.3, -0.25) is 4.79 Å². The molecule has 0 aromatic carbocycles. The third-order valence-electron chi connectivity index (χ3n) is 2.38. The zero-order chi connectivity index (χ0) is 13.0. The van der Waals surface area contributed by atoms with Gasteiger partial charge in [0.25, 0.3) is 0 Å². The van der Waals surface area contributed by atoms with E-state index in [2.05, 4.69) is 21.7 Å². The van der Waals surface area contributed by atoms with E-state index in [0.29, 0.717) is 10.8 Å². The van der Waals surface area contributed by atoms with Crippen molar-refractivity contribution >= 4 is 33.8 Å². The predicted molar refractivity (Wildman–Crippen MR) is 73.2 cm³/mol. The number of nitrogens with two attached hydrogens (primary N) is 1. The molecule has 18 heavy (non-hydrogen) atoms. The smallest absolute Gasteiger partial charge is 0.326 e. The van der Waals surface area contributed by atoms with Gasteiger partial charge in [-0.05, 0) is 28.8 Å². The number of carboxylic acid groups (broad SMARTS) is 1. The average Bonchev–Trinajstić information content (AvgIpc) is 2.99. The standard InChI is InChI=1S/C11H13N3O2S2/c12-9(10(15)16)8-6-18-11(14-8)13-3-1-7-2-4-17-5-7/h2,4-6,9H,1,3,12H2,(H,13,14)(H,15,16). The minimum absolute atomic E-state index is 0.394. The molecular formula is C11H13N3O2S2. The maximum absolute atomic E-state index is 10.7. The van der Waals surface area contributed by atoms with Gasteiger partial charge in [-0.25, -0.2) is 4.98 Å². The Morgan fingerprint density at radius 3 is 3.06 bits per heavy atom. The number of nitrogens with one attached hydrogen (secondary N) is 1. The monoisotopic (exact) mass is 283 g/mol. The van der Waals surface area contributed by atoms with Gasteiger partial charge in [0, 0.05) is 11.9 Å². The van der Waals surface area contributed by atoms with Crippen LogP contribution in [0.25, 0.3) is 0 Å². The number of nitrogens with zero attached hydrogens (tertiary/aromatic N) is 1. The first-order valence-corrected chi connectivity index (χ1v) is 7.18. The molecule has 7 heteroatoms. The van der Waals surface area contributed by atoms with Crippen LogP contribution in [0.5, 0.6) is 0 Å². The lowest BCUT2D eigenvalue weighted by Gasteiger charge is -2.02. The van der Waals surface area contributed by atoms with Crippen LogP contribution in [0.4, 0.5) is 5.13 Å². The topological polar surface area (TPSA) is 88.2 Å². The molecule has 0 radical (unpaired) electrons. The van der Waals surface area contributed by atoms with E-state index in [1.165, 1.54) is 16.9 Å². The molecule has 0 aliphatic heterocycles. The third kappa shape index (κ3) is 3.28. The van der Waals surface area contributed by atoms with Crippen molar-refractivity contribution in [3.05, 3.63) is 33.5 Å². The molecule has 0 bridgehead atoms. The summed E-state index contributed by atoms with van der Waals surface area (Å²) in [5, 5.41) is 18.5. The molecule has 0 saturated heterocycles. The van der Waals surface area contributed by atoms with Crippen LogP contribution in [-0.4, -0.2) is 22.6 Å². The molecule has 1 atom stereocenters. The second kappa shape index (κ2) is 5.94. The van der Waals surface area contributed by atoms with Crippen LogP contribution in [0.15, 0.2) is 22.2 Å². The normalized spacial score (nSPS) is 12.3. The molecule has 0 spiro atoms. The number of thiazole rings is 1. The number of aliphatic carboxylic acids is 1. The van der Waals surface area contributed by atoms with Gasteiger partial charge in [-0.15, -0.1) is 11.3 Å². The first kappa shape index (κ1) is 13.0. The molecule has 96 valence electrons. The summed E-state index contributed by atoms with van der Waals surface area (Å²) in [6.45, 7) is 0.770. The predicted octanol–water partition coefficient (Wildman–Crippen LogP) is 1.94. The van der Waals surface area contributed by atoms with Crippen LogP contribution in [-0.2, 0) is 11.2 Å². The number of anilines is 1. The van der Waals surface area contributed by atoms with Gasteiger partial charge < -0.3 is 16.2 Å². The Kier molecular flexibility index (Phi) is 4.29. The van der Waals surface area contributed by atoms with Crippen molar-refractivity contribution in [2.24, 2.45) is 5.73 Å². The number of rotatable bonds is 6. The first-order chi connectivity index (χ1) is 8.66. The maximum atomic E-state index is 10.7. The Hall–Kier alpha value is -1.44. The van der Waals surface area contributed by atoms with Crippen molar-refractivity contribution in [3.63, 3.8) is 0 Å². The quantitative estimate of drug-likeness (QED) is 0.754. The highest BCUT2D eigenvalue weighted by atomic mass is 32.1. The van der Waals surface area contributed by atoms with E-state index < -0.39 is 12.0 Å². The van der Waals surface area contributed by atoms with E-state index in [1.54, 1.807) is 16.7 Å². The van der Waals surface area contributed by atoms with Gasteiger partial charge in [0.05, 0.1) is 5.69 Å². The number of carbonyl (C=O) groups is 1. The summed E-state index contributed by atoms with van der Waals surface area (Å²) < 4.78 is 0. The molecule has 5 nitrogen and oxygen atoms in total. The number of aromatic nitrogens is 1. The molecule has 2 heterocycles. The first-order valence-electron chi connectivity index (χ1n) is 5.35. The van der Waals surface area contributed by atoms with Crippen molar-refractivity contribution in [1.29, 1.82) is 0 Å². The van der Waals surface area contributed by atoms with Crippen LogP contribution in [0.2, 0.25) is 0 Å². The lowest BCUT2D eigenvalue weighted by atomic mass is 10.2. The second-order valence-corrected chi connectivity index (χ2v) is 5.34. The number of hydrogen-bond donors (Lipinski definition) is 3. The van der Waals surface area contributed by atoms with Crippen LogP contribution < -0.4 is 11.1 Å². The second-order valence-electron chi connectivity index (χ2n) is 3.70. The van der Waals surface area contributed by atoms with Crippen LogP contribution in [0.1, 0.15) is 17.3 Å². The van der Waals surface area contributed by atoms with Crippen LogP contribution >= 0.6 is 22.7 Å². The van der Waals surface area contributed by atoms with Gasteiger partial charge in [0.15, 0.2) is 5.13 Å². The highest BCUT2D eigenvalue weighted by Gasteiger charge is 2.17. The lowest BCUT2D eigenvalue weighted by Crippen LogP contribution is -2.21. The number of hydrogen-bond acceptors (Lipinski definition) is 6. The summed E-state index contributed by atoms with van der Waals surface area (Å²) in [5.41, 5.74) is 7.15. The largest absolute Gasteiger partial charge is 0.480 e. The summed E-state index contributed by atoms with van der Waals surface area (Å²) in [6, 6.07) is 1.04. The van der Waals surface area contributed by atoms with E-state index in [4.69, 9.17) is 10.8 Å². The molecule has 2 rings (SSSR count). The van der Waals surface area contributed by atoms with Crippen molar-refractivity contribution < 1.29 is 9.90 Å². The lowest BCUT2D eigenvalue weighted by molar-refractivity contribution is -0.138. The fraction of sp³-hybridized carbons (Fsp3) is 0.273. The van der Waals surface area contributed by atoms with E-state index in [9.17, 15) is 4.79 Å². The zero-order valence-electron chi connectivity index (χ0n) is 9.50. The number of carboxylic acids is 1. The zero-order valence-corrected chi connectivity index (χ0v) is 11.1. The average molecular weight is 283 g/mol. The summed E-state index contributed by atoms with van der Waals surface area (Å²) in [7, 11) is 0. The summed E-state index contributed by atoms with van der Waals surface area (Å²) >= 11 is 3.04. The summed E-state index contributed by atoms with van der Waals surface area (Å²) in [6.07, 6.45) is 0.920. The minimum atomic E-state index is -1.06. The third-order valence-corrected chi connectivity index (χ3v) is 3.93. The van der Waals surface area contributed by atoms with Gasteiger partial charge in [-0.1, -0.05) is 0 Å². The Balaban J connectivity index is 1.85. The molecular weight excluding hydrogens is 270 g/mol. The molecule has 0 aliphatic carbocycles. The molecule has 0 aliphatic rings. The Labute approximate surface area is 112 Å². The fourth-order valence-corrected chi connectivity index (χ4v) is 2.86. The minimum Gasteiger partial charge on any atom is -0.480 e. The SMILES string of the molecule is NC(C(=O)O)c1csc(NCCc2ccsc2)n1. The number of thiophene rings is 1. The Morgan fingerprint density at radius 2 is 2.39 bits per heavy atom. The maximum Gasteiger partial charge on any atom is 0.326 e. The Bertz CT molecular complexity index is 510. The molecule has 2 aromatic heterocycles. The van der Waals surface area contributed by atoms with Crippen molar-refractivity contribution in [2.45, 2.75) is 12.5 Å². The van der Waals surface area contributed by atoms with Gasteiger partial charge in [0.1, 0.15) is 6.04 Å². The summed E-state index contributed by atoms with van der Waals surface area (Å²) in [5.74, 6) is -1.06. The van der Waals surface area contributed by atoms with E-state index in [1.807, 2.05) is 5.38 Å². The van der Waals surface area contributed by atoms with Crippen molar-refractivity contribution in [1.82, 2.24) is 4.98 Å². The molecule has 4 N–H and O–H groups in total. The van der Waals surface area contributed by atoms with Gasteiger partial charge >= 0.3 is 5.97 Å². The molecule has 1 unspecified atom stereocenters. The fourth-order valence-electron chi connectivity index (χ4n) is 1.39. The van der Waals surface area contributed by atoms with Crippen LogP contribution in [0, 0.1) is 0 Å². The molecule has 0 amide bonds.